The van der Waals surface area contributed by atoms with Gasteiger partial charge in [-0.3, -0.25) is 5.32 Å². The Morgan fingerprint density at radius 2 is 2.50 bits per heavy atom. The zero-order chi connectivity index (χ0) is 13.0. The summed E-state index contributed by atoms with van der Waals surface area (Å²) in [5.41, 5.74) is -0.334. The molecule has 0 radical (unpaired) electrons. The third kappa shape index (κ3) is 3.17. The van der Waals surface area contributed by atoms with Crippen molar-refractivity contribution in [2.24, 2.45) is 0 Å². The zero-order valence-corrected chi connectivity index (χ0v) is 11.9. The summed E-state index contributed by atoms with van der Waals surface area (Å²) in [6.45, 7) is 2.88. The maximum absolute atomic E-state index is 9.31. The van der Waals surface area contributed by atoms with Crippen LogP contribution in [0.4, 0.5) is 0 Å². The Bertz CT molecular complexity index is 443. The number of halogens is 1. The zero-order valence-electron chi connectivity index (χ0n) is 10.3. The average molecular weight is 282 g/mol. The van der Waals surface area contributed by atoms with Crippen LogP contribution >= 0.6 is 23.4 Å². The Kier molecular flexibility index (Phi) is 4.50. The molecule has 5 heteroatoms. The summed E-state index contributed by atoms with van der Waals surface area (Å²) < 4.78 is 0. The normalized spacial score (nSPS) is 27.1. The highest BCUT2D eigenvalue weighted by Crippen LogP contribution is 2.39. The minimum absolute atomic E-state index is 0.334. The Morgan fingerprint density at radius 3 is 3.11 bits per heavy atom. The van der Waals surface area contributed by atoms with Crippen LogP contribution in [-0.4, -0.2) is 22.3 Å². The van der Waals surface area contributed by atoms with Crippen molar-refractivity contribution in [3.63, 3.8) is 0 Å². The molecule has 1 fully saturated rings. The number of nitriles is 1. The van der Waals surface area contributed by atoms with Gasteiger partial charge in [0.1, 0.15) is 5.54 Å². The number of aromatic nitrogens is 1. The van der Waals surface area contributed by atoms with Crippen LogP contribution in [0.1, 0.15) is 26.2 Å². The van der Waals surface area contributed by atoms with E-state index in [1.807, 2.05) is 19.1 Å². The van der Waals surface area contributed by atoms with Gasteiger partial charge in [-0.15, -0.1) is 11.8 Å². The molecule has 0 amide bonds. The minimum atomic E-state index is -0.334. The largest absolute Gasteiger partial charge is 0.300 e. The van der Waals surface area contributed by atoms with Gasteiger partial charge in [0, 0.05) is 11.4 Å². The van der Waals surface area contributed by atoms with Crippen molar-refractivity contribution < 1.29 is 0 Å². The third-order valence-electron chi connectivity index (χ3n) is 3.19. The highest BCUT2D eigenvalue weighted by molar-refractivity contribution is 7.99. The fourth-order valence-electron chi connectivity index (χ4n) is 2.34. The lowest BCUT2D eigenvalue weighted by atomic mass is 10.0. The Balaban J connectivity index is 1.97. The van der Waals surface area contributed by atoms with Crippen molar-refractivity contribution in [2.75, 3.05) is 6.54 Å². The molecule has 1 heterocycles. The fraction of sp³-hybridized carbons (Fsp3) is 0.538. The second kappa shape index (κ2) is 5.92. The van der Waals surface area contributed by atoms with E-state index in [1.54, 1.807) is 18.0 Å². The van der Waals surface area contributed by atoms with Crippen molar-refractivity contribution in [2.45, 2.75) is 42.0 Å². The lowest BCUT2D eigenvalue weighted by Gasteiger charge is -2.21. The van der Waals surface area contributed by atoms with Crippen LogP contribution in [0.3, 0.4) is 0 Å². The number of nitrogens with one attached hydrogen (secondary N) is 1. The summed E-state index contributed by atoms with van der Waals surface area (Å²) in [5.74, 6) is 0. The first-order valence-corrected chi connectivity index (χ1v) is 7.38. The summed E-state index contributed by atoms with van der Waals surface area (Å²) >= 11 is 7.56. The molecule has 1 aromatic heterocycles. The van der Waals surface area contributed by atoms with E-state index in [2.05, 4.69) is 16.4 Å². The number of hydrogen-bond acceptors (Lipinski definition) is 4. The first-order chi connectivity index (χ1) is 8.67. The molecule has 0 aromatic carbocycles. The molecular formula is C13H16ClN3S. The summed E-state index contributed by atoms with van der Waals surface area (Å²) in [7, 11) is 0. The molecule has 2 unspecified atom stereocenters. The van der Waals surface area contributed by atoms with Crippen LogP contribution < -0.4 is 5.32 Å². The molecule has 1 N–H and O–H groups in total. The standard InChI is InChI=1S/C13H16ClN3S/c1-2-17-13(9-15)6-5-11(7-13)18-12-4-3-10(14)8-16-12/h3-4,8,11,17H,2,5-7H2,1H3. The predicted octanol–water partition coefficient (Wildman–Crippen LogP) is 3.25. The summed E-state index contributed by atoms with van der Waals surface area (Å²) in [6, 6.07) is 6.23. The van der Waals surface area contributed by atoms with Crippen molar-refractivity contribution in [1.29, 1.82) is 5.26 Å². The van der Waals surface area contributed by atoms with Crippen molar-refractivity contribution in [3.05, 3.63) is 23.4 Å². The van der Waals surface area contributed by atoms with Gasteiger partial charge in [-0.2, -0.15) is 5.26 Å². The molecular weight excluding hydrogens is 266 g/mol. The van der Waals surface area contributed by atoms with Gasteiger partial charge >= 0.3 is 0 Å². The summed E-state index contributed by atoms with van der Waals surface area (Å²) in [6.07, 6.45) is 4.52. The van der Waals surface area contributed by atoms with Crippen LogP contribution in [-0.2, 0) is 0 Å². The lowest BCUT2D eigenvalue weighted by molar-refractivity contribution is 0.436. The second-order valence-corrected chi connectivity index (χ2v) is 6.28. The summed E-state index contributed by atoms with van der Waals surface area (Å²) in [5, 5.41) is 14.7. The molecule has 1 aliphatic carbocycles. The lowest BCUT2D eigenvalue weighted by Crippen LogP contribution is -2.41. The van der Waals surface area contributed by atoms with Crippen LogP contribution in [0, 0.1) is 11.3 Å². The van der Waals surface area contributed by atoms with E-state index < -0.39 is 0 Å². The van der Waals surface area contributed by atoms with Gasteiger partial charge in [-0.1, -0.05) is 18.5 Å². The van der Waals surface area contributed by atoms with Crippen LogP contribution in [0.5, 0.6) is 0 Å². The average Bonchev–Trinajstić information content (AvgIpc) is 2.77. The minimum Gasteiger partial charge on any atom is -0.300 e. The molecule has 0 bridgehead atoms. The van der Waals surface area contributed by atoms with E-state index in [-0.39, 0.29) is 5.54 Å². The highest BCUT2D eigenvalue weighted by Gasteiger charge is 2.39. The van der Waals surface area contributed by atoms with Gasteiger partial charge < -0.3 is 0 Å². The quantitative estimate of drug-likeness (QED) is 0.920. The smallest absolute Gasteiger partial charge is 0.107 e. The van der Waals surface area contributed by atoms with E-state index in [0.717, 1.165) is 30.8 Å². The molecule has 2 atom stereocenters. The number of thioether (sulfide) groups is 1. The fourth-order valence-corrected chi connectivity index (χ4v) is 3.66. The molecule has 3 nitrogen and oxygen atoms in total. The van der Waals surface area contributed by atoms with Crippen molar-refractivity contribution >= 4 is 23.4 Å². The van der Waals surface area contributed by atoms with Crippen molar-refractivity contribution in [1.82, 2.24) is 10.3 Å². The van der Waals surface area contributed by atoms with E-state index in [1.165, 1.54) is 0 Å². The van der Waals surface area contributed by atoms with Crippen LogP contribution in [0.2, 0.25) is 5.02 Å². The van der Waals surface area contributed by atoms with Gasteiger partial charge in [-0.05, 0) is 37.9 Å². The van der Waals surface area contributed by atoms with Gasteiger partial charge in [0.15, 0.2) is 0 Å². The number of nitrogens with zero attached hydrogens (tertiary/aromatic N) is 2. The molecule has 96 valence electrons. The van der Waals surface area contributed by atoms with Gasteiger partial charge in [0.2, 0.25) is 0 Å². The second-order valence-electron chi connectivity index (χ2n) is 4.52. The molecule has 2 rings (SSSR count). The molecule has 0 saturated heterocycles. The maximum Gasteiger partial charge on any atom is 0.107 e. The van der Waals surface area contributed by atoms with Gasteiger partial charge in [0.05, 0.1) is 16.1 Å². The predicted molar refractivity (Wildman–Crippen MR) is 74.8 cm³/mol. The number of rotatable bonds is 4. The van der Waals surface area contributed by atoms with E-state index in [4.69, 9.17) is 11.6 Å². The topological polar surface area (TPSA) is 48.7 Å². The highest BCUT2D eigenvalue weighted by atomic mass is 35.5. The van der Waals surface area contributed by atoms with E-state index in [0.29, 0.717) is 10.3 Å². The maximum atomic E-state index is 9.31. The van der Waals surface area contributed by atoms with Gasteiger partial charge in [0.25, 0.3) is 0 Å². The first-order valence-electron chi connectivity index (χ1n) is 6.12. The molecule has 1 aromatic rings. The summed E-state index contributed by atoms with van der Waals surface area (Å²) in [4.78, 5) is 4.29. The van der Waals surface area contributed by atoms with E-state index in [9.17, 15) is 5.26 Å². The molecule has 1 saturated carbocycles. The van der Waals surface area contributed by atoms with Crippen LogP contribution in [0.25, 0.3) is 0 Å². The molecule has 0 spiro atoms. The number of hydrogen-bond donors (Lipinski definition) is 1. The third-order valence-corrected chi connectivity index (χ3v) is 4.63. The Morgan fingerprint density at radius 1 is 1.67 bits per heavy atom. The monoisotopic (exact) mass is 281 g/mol. The number of pyridine rings is 1. The van der Waals surface area contributed by atoms with Crippen molar-refractivity contribution in [3.8, 4) is 6.07 Å². The molecule has 0 aliphatic heterocycles. The first kappa shape index (κ1) is 13.7. The SMILES string of the molecule is CCNC1(C#N)CCC(Sc2ccc(Cl)cn2)C1. The molecule has 1 aliphatic rings. The Labute approximate surface area is 117 Å². The van der Waals surface area contributed by atoms with Crippen LogP contribution in [0.15, 0.2) is 23.4 Å². The molecule has 18 heavy (non-hydrogen) atoms. The van der Waals surface area contributed by atoms with Gasteiger partial charge in [-0.25, -0.2) is 4.98 Å². The Hall–Kier alpha value is -0.760. The van der Waals surface area contributed by atoms with E-state index >= 15 is 0 Å².